The van der Waals surface area contributed by atoms with Gasteiger partial charge >= 0.3 is 0 Å². The minimum absolute atomic E-state index is 0.0311. The summed E-state index contributed by atoms with van der Waals surface area (Å²) in [4.78, 5) is 16.8. The van der Waals surface area contributed by atoms with E-state index >= 15 is 0 Å². The third-order valence-corrected chi connectivity index (χ3v) is 5.90. The lowest BCUT2D eigenvalue weighted by molar-refractivity contribution is -0.155. The second-order valence-electron chi connectivity index (χ2n) is 8.06. The van der Waals surface area contributed by atoms with Gasteiger partial charge in [0.1, 0.15) is 30.9 Å². The number of hydrogen-bond acceptors (Lipinski definition) is 5. The number of ether oxygens (including phenoxy) is 2. The van der Waals surface area contributed by atoms with Crippen LogP contribution in [0.15, 0.2) is 48.5 Å². The van der Waals surface area contributed by atoms with Crippen LogP contribution in [0, 0.1) is 17.1 Å². The van der Waals surface area contributed by atoms with Crippen molar-refractivity contribution in [2.45, 2.75) is 31.5 Å². The third-order valence-electron chi connectivity index (χ3n) is 5.90. The van der Waals surface area contributed by atoms with Crippen LogP contribution >= 0.6 is 0 Å². The van der Waals surface area contributed by atoms with Crippen LogP contribution in [0.2, 0.25) is 0 Å². The van der Waals surface area contributed by atoms with E-state index in [-0.39, 0.29) is 30.5 Å². The van der Waals surface area contributed by atoms with Gasteiger partial charge in [0.15, 0.2) is 0 Å². The molecule has 31 heavy (non-hydrogen) atoms. The molecule has 1 atom stereocenters. The Bertz CT molecular complexity index is 919. The minimum Gasteiger partial charge on any atom is -0.491 e. The molecule has 1 amide bonds. The molecular weight excluding hydrogens is 397 g/mol. The van der Waals surface area contributed by atoms with Gasteiger partial charge in [-0.05, 0) is 54.8 Å². The van der Waals surface area contributed by atoms with Crippen molar-refractivity contribution in [2.24, 2.45) is 0 Å². The average Bonchev–Trinajstić information content (AvgIpc) is 2.81. The molecule has 0 spiro atoms. The van der Waals surface area contributed by atoms with Crippen molar-refractivity contribution in [3.8, 4) is 11.8 Å². The second kappa shape index (κ2) is 9.90. The van der Waals surface area contributed by atoms with Crippen molar-refractivity contribution in [3.05, 3.63) is 65.5 Å². The van der Waals surface area contributed by atoms with Crippen LogP contribution < -0.4 is 4.74 Å². The lowest BCUT2D eigenvalue weighted by Crippen LogP contribution is -2.55. The first-order chi connectivity index (χ1) is 15.1. The van der Waals surface area contributed by atoms with E-state index in [9.17, 15) is 9.18 Å². The fraction of sp³-hybridized carbons (Fsp3) is 0.417. The molecule has 162 valence electrons. The smallest absolute Gasteiger partial charge is 0.248 e. The third kappa shape index (κ3) is 5.60. The molecule has 2 aromatic rings. The van der Waals surface area contributed by atoms with Crippen molar-refractivity contribution in [1.29, 1.82) is 5.26 Å². The van der Waals surface area contributed by atoms with E-state index in [4.69, 9.17) is 14.7 Å². The monoisotopic (exact) mass is 423 g/mol. The second-order valence-corrected chi connectivity index (χ2v) is 8.06. The summed E-state index contributed by atoms with van der Waals surface area (Å²) in [5, 5.41) is 8.92. The number of hydrogen-bond donors (Lipinski definition) is 0. The number of amides is 1. The highest BCUT2D eigenvalue weighted by atomic mass is 19.1. The van der Waals surface area contributed by atoms with Gasteiger partial charge in [-0.2, -0.15) is 5.26 Å². The van der Waals surface area contributed by atoms with Crippen LogP contribution in [0.1, 0.15) is 24.0 Å². The fourth-order valence-corrected chi connectivity index (χ4v) is 4.15. The number of nitrogens with zero attached hydrogens (tertiary/aromatic N) is 3. The van der Waals surface area contributed by atoms with Gasteiger partial charge in [-0.15, -0.1) is 0 Å². The Labute approximate surface area is 181 Å². The van der Waals surface area contributed by atoms with E-state index in [0.717, 1.165) is 32.5 Å². The van der Waals surface area contributed by atoms with Crippen LogP contribution in [0.5, 0.6) is 5.75 Å². The van der Waals surface area contributed by atoms with E-state index in [1.807, 2.05) is 29.2 Å². The predicted octanol–water partition coefficient (Wildman–Crippen LogP) is 2.97. The molecule has 0 saturated carbocycles. The van der Waals surface area contributed by atoms with Crippen LogP contribution in [0.3, 0.4) is 0 Å². The molecule has 7 heteroatoms. The summed E-state index contributed by atoms with van der Waals surface area (Å²) in [6, 6.07) is 16.0. The predicted molar refractivity (Wildman–Crippen MR) is 113 cm³/mol. The molecule has 0 aromatic heterocycles. The van der Waals surface area contributed by atoms with Crippen LogP contribution in [-0.4, -0.2) is 60.7 Å². The average molecular weight is 423 g/mol. The molecule has 0 radical (unpaired) electrons. The lowest BCUT2D eigenvalue weighted by Gasteiger charge is -2.42. The van der Waals surface area contributed by atoms with Crippen molar-refractivity contribution in [3.63, 3.8) is 0 Å². The summed E-state index contributed by atoms with van der Waals surface area (Å²) in [6.45, 7) is 3.61. The van der Waals surface area contributed by atoms with Gasteiger partial charge in [-0.1, -0.05) is 12.1 Å². The lowest BCUT2D eigenvalue weighted by atomic mass is 10.0. The van der Waals surface area contributed by atoms with E-state index in [1.165, 1.54) is 17.7 Å². The van der Waals surface area contributed by atoms with Crippen molar-refractivity contribution >= 4 is 5.91 Å². The molecule has 0 unspecified atom stereocenters. The SMILES string of the molecule is N#Cc1ccc(CN2CCC(N3C[C@@H](COc4ccc(F)cc4)OCC3=O)CC2)cc1. The number of carbonyl (C=O) groups excluding carboxylic acids is 1. The summed E-state index contributed by atoms with van der Waals surface area (Å²) in [6.07, 6.45) is 1.65. The molecular formula is C24H26FN3O3. The van der Waals surface area contributed by atoms with Gasteiger partial charge in [-0.3, -0.25) is 9.69 Å². The molecule has 2 saturated heterocycles. The maximum Gasteiger partial charge on any atom is 0.248 e. The Morgan fingerprint density at radius 3 is 2.48 bits per heavy atom. The normalized spacial score (nSPS) is 20.5. The van der Waals surface area contributed by atoms with E-state index in [0.29, 0.717) is 24.5 Å². The van der Waals surface area contributed by atoms with Gasteiger partial charge in [0, 0.05) is 25.7 Å². The number of likely N-dealkylation sites (tertiary alicyclic amines) is 1. The summed E-state index contributed by atoms with van der Waals surface area (Å²) in [7, 11) is 0. The van der Waals surface area contributed by atoms with Crippen molar-refractivity contribution in [1.82, 2.24) is 9.80 Å². The van der Waals surface area contributed by atoms with Gasteiger partial charge < -0.3 is 14.4 Å². The fourth-order valence-electron chi connectivity index (χ4n) is 4.15. The van der Waals surface area contributed by atoms with E-state index in [2.05, 4.69) is 11.0 Å². The number of morpholine rings is 1. The maximum absolute atomic E-state index is 13.0. The first-order valence-corrected chi connectivity index (χ1v) is 10.6. The Kier molecular flexibility index (Phi) is 6.80. The number of piperidine rings is 1. The van der Waals surface area contributed by atoms with E-state index in [1.54, 1.807) is 12.1 Å². The Morgan fingerprint density at radius 2 is 1.81 bits per heavy atom. The molecule has 2 aliphatic heterocycles. The number of halogens is 1. The Hall–Kier alpha value is -2.95. The Morgan fingerprint density at radius 1 is 1.10 bits per heavy atom. The van der Waals surface area contributed by atoms with Gasteiger partial charge in [0.2, 0.25) is 5.91 Å². The summed E-state index contributed by atoms with van der Waals surface area (Å²) < 4.78 is 24.4. The molecule has 2 aromatic carbocycles. The first kappa shape index (κ1) is 21.3. The number of benzene rings is 2. The number of carbonyl (C=O) groups is 1. The van der Waals surface area contributed by atoms with Gasteiger partial charge in [0.25, 0.3) is 0 Å². The van der Waals surface area contributed by atoms with Gasteiger partial charge in [0.05, 0.1) is 18.2 Å². The molecule has 0 N–H and O–H groups in total. The quantitative estimate of drug-likeness (QED) is 0.715. The zero-order chi connectivity index (χ0) is 21.6. The standard InChI is InChI=1S/C24H26FN3O3/c25-20-5-7-22(8-6-20)30-16-23-15-28(24(29)17-31-23)21-9-11-27(12-10-21)14-19-3-1-18(13-26)2-4-19/h1-8,21,23H,9-12,14-17H2/t23-/m0/s1. The largest absolute Gasteiger partial charge is 0.491 e. The molecule has 2 aliphatic rings. The highest BCUT2D eigenvalue weighted by Crippen LogP contribution is 2.22. The van der Waals surface area contributed by atoms with Crippen LogP contribution in [0.25, 0.3) is 0 Å². The number of rotatable bonds is 6. The Balaban J connectivity index is 1.26. The maximum atomic E-state index is 13.0. The highest BCUT2D eigenvalue weighted by Gasteiger charge is 2.33. The summed E-state index contributed by atoms with van der Waals surface area (Å²) in [5.74, 6) is 0.316. The molecule has 0 bridgehead atoms. The van der Waals surface area contributed by atoms with Crippen molar-refractivity contribution < 1.29 is 18.7 Å². The number of nitriles is 1. The first-order valence-electron chi connectivity index (χ1n) is 10.6. The van der Waals surface area contributed by atoms with Crippen LogP contribution in [0.4, 0.5) is 4.39 Å². The molecule has 2 fully saturated rings. The molecule has 2 heterocycles. The minimum atomic E-state index is -0.302. The summed E-state index contributed by atoms with van der Waals surface area (Å²) >= 11 is 0. The summed E-state index contributed by atoms with van der Waals surface area (Å²) in [5.41, 5.74) is 1.86. The highest BCUT2D eigenvalue weighted by molar-refractivity contribution is 5.78. The van der Waals surface area contributed by atoms with E-state index < -0.39 is 0 Å². The topological polar surface area (TPSA) is 65.8 Å². The molecule has 6 nitrogen and oxygen atoms in total. The molecule has 4 rings (SSSR count). The van der Waals surface area contributed by atoms with Crippen LogP contribution in [-0.2, 0) is 16.1 Å². The molecule has 0 aliphatic carbocycles. The van der Waals surface area contributed by atoms with Crippen molar-refractivity contribution in [2.75, 3.05) is 32.8 Å². The zero-order valence-corrected chi connectivity index (χ0v) is 17.4. The van der Waals surface area contributed by atoms with Gasteiger partial charge in [-0.25, -0.2) is 4.39 Å². The zero-order valence-electron chi connectivity index (χ0n) is 17.4.